The molecule has 2 aliphatic rings. The number of nitriles is 1. The van der Waals surface area contributed by atoms with Gasteiger partial charge < -0.3 is 10.2 Å². The van der Waals surface area contributed by atoms with Gasteiger partial charge in [0.15, 0.2) is 0 Å². The Bertz CT molecular complexity index is 857. The zero-order chi connectivity index (χ0) is 21.7. The van der Waals surface area contributed by atoms with Crippen LogP contribution < -0.4 is 5.32 Å². The number of allylic oxidation sites excluding steroid dienone is 1. The van der Waals surface area contributed by atoms with E-state index in [2.05, 4.69) is 23.3 Å². The molecule has 0 bridgehead atoms. The van der Waals surface area contributed by atoms with Gasteiger partial charge in [-0.25, -0.2) is 8.78 Å². The van der Waals surface area contributed by atoms with E-state index < -0.39 is 43.3 Å². The molecule has 1 atom stereocenters. The third-order valence-electron chi connectivity index (χ3n) is 5.84. The van der Waals surface area contributed by atoms with E-state index in [1.165, 1.54) is 19.0 Å². The molecule has 1 aromatic heterocycles. The van der Waals surface area contributed by atoms with Crippen molar-refractivity contribution in [1.29, 1.82) is 5.26 Å². The van der Waals surface area contributed by atoms with E-state index >= 15 is 0 Å². The van der Waals surface area contributed by atoms with Gasteiger partial charge in [-0.1, -0.05) is 31.9 Å². The molecule has 1 unspecified atom stereocenters. The number of rotatable bonds is 5. The van der Waals surface area contributed by atoms with Gasteiger partial charge in [0.2, 0.25) is 5.91 Å². The minimum Gasteiger partial charge on any atom is -0.343 e. The smallest absolute Gasteiger partial charge is 0.268 e. The maximum atomic E-state index is 13.5. The zero-order valence-corrected chi connectivity index (χ0v) is 17.0. The summed E-state index contributed by atoms with van der Waals surface area (Å²) in [7, 11) is 0. The minimum absolute atomic E-state index is 0.363. The van der Waals surface area contributed by atoms with E-state index in [0.29, 0.717) is 17.0 Å². The molecule has 0 radical (unpaired) electrons. The molecule has 1 aromatic rings. The van der Waals surface area contributed by atoms with Crippen LogP contribution in [0.4, 0.5) is 8.78 Å². The molecular formula is C22H26F2N4O2. The average molecular weight is 416 g/mol. The molecule has 3 rings (SSSR count). The number of carbonyl (C=O) groups is 2. The van der Waals surface area contributed by atoms with Crippen LogP contribution >= 0.6 is 0 Å². The highest BCUT2D eigenvalue weighted by atomic mass is 19.3. The predicted molar refractivity (Wildman–Crippen MR) is 107 cm³/mol. The van der Waals surface area contributed by atoms with Crippen LogP contribution in [0.1, 0.15) is 54.9 Å². The van der Waals surface area contributed by atoms with Gasteiger partial charge in [-0.3, -0.25) is 14.6 Å². The monoisotopic (exact) mass is 416 g/mol. The number of nitrogens with one attached hydrogen (secondary N) is 1. The lowest BCUT2D eigenvalue weighted by Crippen LogP contribution is -2.43. The molecule has 1 aliphatic carbocycles. The topological polar surface area (TPSA) is 86.1 Å². The van der Waals surface area contributed by atoms with Crippen molar-refractivity contribution in [3.05, 3.63) is 35.7 Å². The molecule has 1 N–H and O–H groups in total. The highest BCUT2D eigenvalue weighted by Crippen LogP contribution is 2.32. The van der Waals surface area contributed by atoms with Gasteiger partial charge in [0.1, 0.15) is 6.04 Å². The van der Waals surface area contributed by atoms with E-state index in [1.807, 2.05) is 6.08 Å². The lowest BCUT2D eigenvalue weighted by Gasteiger charge is -2.23. The van der Waals surface area contributed by atoms with Crippen LogP contribution in [0.25, 0.3) is 6.08 Å². The summed E-state index contributed by atoms with van der Waals surface area (Å²) >= 11 is 0. The van der Waals surface area contributed by atoms with Gasteiger partial charge in [-0.15, -0.1) is 0 Å². The number of amides is 2. The van der Waals surface area contributed by atoms with Gasteiger partial charge in [0.05, 0.1) is 19.2 Å². The van der Waals surface area contributed by atoms with Crippen molar-refractivity contribution < 1.29 is 18.4 Å². The Morgan fingerprint density at radius 2 is 2.10 bits per heavy atom. The average Bonchev–Trinajstić information content (AvgIpc) is 3.06. The molecule has 2 heterocycles. The lowest BCUT2D eigenvalue weighted by molar-refractivity contribution is -0.131. The lowest BCUT2D eigenvalue weighted by atomic mass is 9.83. The molecule has 1 aliphatic heterocycles. The quantitative estimate of drug-likeness (QED) is 0.797. The van der Waals surface area contributed by atoms with Crippen LogP contribution in [0.3, 0.4) is 0 Å². The van der Waals surface area contributed by atoms with E-state index in [0.717, 1.165) is 23.7 Å². The fraction of sp³-hybridized carbons (Fsp3) is 0.545. The SMILES string of the molecule is CC1CCC(/C=C/c2cnccc2C(=O)NCC(=O)N2CC(F)(F)CC2C#N)CC1. The number of nitrogens with zero attached hydrogens (tertiary/aromatic N) is 3. The minimum atomic E-state index is -3.08. The number of hydrogen-bond donors (Lipinski definition) is 1. The zero-order valence-electron chi connectivity index (χ0n) is 17.0. The van der Waals surface area contributed by atoms with Gasteiger partial charge in [-0.05, 0) is 30.7 Å². The maximum Gasteiger partial charge on any atom is 0.268 e. The second kappa shape index (κ2) is 9.33. The number of hydrogen-bond acceptors (Lipinski definition) is 4. The van der Waals surface area contributed by atoms with Crippen molar-refractivity contribution in [2.75, 3.05) is 13.1 Å². The first-order chi connectivity index (χ1) is 14.3. The number of pyridine rings is 1. The summed E-state index contributed by atoms with van der Waals surface area (Å²) in [5, 5.41) is 11.5. The molecule has 0 spiro atoms. The van der Waals surface area contributed by atoms with Crippen molar-refractivity contribution in [3.8, 4) is 6.07 Å². The third kappa shape index (κ3) is 5.41. The van der Waals surface area contributed by atoms with E-state index in [1.54, 1.807) is 18.3 Å². The highest BCUT2D eigenvalue weighted by molar-refractivity contribution is 5.99. The first-order valence-electron chi connectivity index (χ1n) is 10.3. The Labute approximate surface area is 175 Å². The van der Waals surface area contributed by atoms with Gasteiger partial charge in [0, 0.05) is 29.9 Å². The van der Waals surface area contributed by atoms with Crippen molar-refractivity contribution in [3.63, 3.8) is 0 Å². The third-order valence-corrected chi connectivity index (χ3v) is 5.84. The molecule has 1 saturated carbocycles. The summed E-state index contributed by atoms with van der Waals surface area (Å²) in [6.07, 6.45) is 11.0. The molecule has 1 saturated heterocycles. The molecule has 6 nitrogen and oxygen atoms in total. The second-order valence-corrected chi connectivity index (χ2v) is 8.25. The number of alkyl halides is 2. The Morgan fingerprint density at radius 1 is 1.37 bits per heavy atom. The number of halogens is 2. The molecule has 8 heteroatoms. The molecule has 2 fully saturated rings. The summed E-state index contributed by atoms with van der Waals surface area (Å²) in [6, 6.07) is 2.11. The first kappa shape index (κ1) is 21.9. The molecule has 30 heavy (non-hydrogen) atoms. The van der Waals surface area contributed by atoms with Crippen LogP contribution in [-0.4, -0.2) is 46.8 Å². The standard InChI is InChI=1S/C22H26F2N4O2/c1-15-2-4-16(5-3-15)6-7-17-12-26-9-8-19(17)21(30)27-13-20(29)28-14-22(23,24)10-18(28)11-25/h6-9,12,15-16,18H,2-5,10,13-14H2,1H3,(H,27,30)/b7-6+. The van der Waals surface area contributed by atoms with Crippen LogP contribution in [0, 0.1) is 23.2 Å². The van der Waals surface area contributed by atoms with Crippen LogP contribution in [0.15, 0.2) is 24.5 Å². The summed E-state index contributed by atoms with van der Waals surface area (Å²) in [5.41, 5.74) is 1.01. The Kier molecular flexibility index (Phi) is 6.80. The molecular weight excluding hydrogens is 390 g/mol. The Balaban J connectivity index is 1.61. The predicted octanol–water partition coefficient (Wildman–Crippen LogP) is 3.41. The van der Waals surface area contributed by atoms with Crippen molar-refractivity contribution in [1.82, 2.24) is 15.2 Å². The molecule has 2 amide bonds. The fourth-order valence-electron chi connectivity index (χ4n) is 4.01. The maximum absolute atomic E-state index is 13.5. The Morgan fingerprint density at radius 3 is 2.80 bits per heavy atom. The van der Waals surface area contributed by atoms with Crippen LogP contribution in [0.2, 0.25) is 0 Å². The molecule has 160 valence electrons. The summed E-state index contributed by atoms with van der Waals surface area (Å²) in [5.74, 6) is -3.04. The summed E-state index contributed by atoms with van der Waals surface area (Å²) in [4.78, 5) is 29.8. The van der Waals surface area contributed by atoms with E-state index in [-0.39, 0.29) is 0 Å². The van der Waals surface area contributed by atoms with Gasteiger partial charge in [-0.2, -0.15) is 5.26 Å². The normalized spacial score (nSPS) is 25.8. The highest BCUT2D eigenvalue weighted by Gasteiger charge is 2.47. The Hall–Kier alpha value is -2.82. The summed E-state index contributed by atoms with van der Waals surface area (Å²) < 4.78 is 27.0. The van der Waals surface area contributed by atoms with Gasteiger partial charge in [0.25, 0.3) is 11.8 Å². The molecule has 0 aromatic carbocycles. The summed E-state index contributed by atoms with van der Waals surface area (Å²) in [6.45, 7) is 1.01. The number of carbonyl (C=O) groups excluding carboxylic acids is 2. The number of likely N-dealkylation sites (tertiary alicyclic amines) is 1. The fourth-order valence-corrected chi connectivity index (χ4v) is 4.01. The first-order valence-corrected chi connectivity index (χ1v) is 10.3. The van der Waals surface area contributed by atoms with Crippen molar-refractivity contribution in [2.45, 2.75) is 51.0 Å². The van der Waals surface area contributed by atoms with Crippen molar-refractivity contribution >= 4 is 17.9 Å². The van der Waals surface area contributed by atoms with Crippen LogP contribution in [0.5, 0.6) is 0 Å². The van der Waals surface area contributed by atoms with E-state index in [4.69, 9.17) is 5.26 Å². The number of aromatic nitrogens is 1. The van der Waals surface area contributed by atoms with E-state index in [9.17, 15) is 18.4 Å². The van der Waals surface area contributed by atoms with Gasteiger partial charge >= 0.3 is 0 Å². The van der Waals surface area contributed by atoms with Crippen LogP contribution in [-0.2, 0) is 4.79 Å². The van der Waals surface area contributed by atoms with Crippen molar-refractivity contribution in [2.24, 2.45) is 11.8 Å². The largest absolute Gasteiger partial charge is 0.343 e. The second-order valence-electron chi connectivity index (χ2n) is 8.25.